The Labute approximate surface area is 470 Å². The highest BCUT2D eigenvalue weighted by molar-refractivity contribution is 5.71. The van der Waals surface area contributed by atoms with Crippen LogP contribution in [0.25, 0.3) is 0 Å². The minimum Gasteiger partial charge on any atom is -0.462 e. The van der Waals surface area contributed by atoms with Crippen molar-refractivity contribution in [2.75, 3.05) is 13.2 Å². The number of hydrogen-bond acceptors (Lipinski definition) is 6. The molecule has 0 aromatic heterocycles. The largest absolute Gasteiger partial charge is 0.462 e. The number of hydrogen-bond donors (Lipinski definition) is 0. The Bertz CT molecular complexity index is 1490. The third-order valence-electron chi connectivity index (χ3n) is 13.8. The summed E-state index contributed by atoms with van der Waals surface area (Å²) in [5.41, 5.74) is 0. The van der Waals surface area contributed by atoms with Gasteiger partial charge in [0.2, 0.25) is 0 Å². The van der Waals surface area contributed by atoms with E-state index in [2.05, 4.69) is 118 Å². The zero-order valence-electron chi connectivity index (χ0n) is 50.0. The minimum atomic E-state index is -0.780. The average molecular weight is 1060 g/mol. The van der Waals surface area contributed by atoms with Gasteiger partial charge in [0.25, 0.3) is 0 Å². The van der Waals surface area contributed by atoms with Gasteiger partial charge in [0.15, 0.2) is 6.10 Å². The van der Waals surface area contributed by atoms with Crippen molar-refractivity contribution < 1.29 is 28.6 Å². The van der Waals surface area contributed by atoms with E-state index in [1.165, 1.54) is 148 Å². The molecule has 0 aromatic carbocycles. The van der Waals surface area contributed by atoms with Gasteiger partial charge in [-0.2, -0.15) is 0 Å². The zero-order chi connectivity index (χ0) is 55.0. The van der Waals surface area contributed by atoms with Gasteiger partial charge in [-0.25, -0.2) is 0 Å². The first-order chi connectivity index (χ1) is 37.5. The molecule has 1 atom stereocenters. The molecular formula is C70H120O6. The number of carbonyl (C=O) groups is 3. The van der Waals surface area contributed by atoms with Gasteiger partial charge in [0.1, 0.15) is 13.2 Å². The molecule has 0 N–H and O–H groups in total. The van der Waals surface area contributed by atoms with E-state index in [1.54, 1.807) is 0 Å². The maximum atomic E-state index is 12.8. The number of esters is 3. The van der Waals surface area contributed by atoms with E-state index in [4.69, 9.17) is 14.2 Å². The maximum Gasteiger partial charge on any atom is 0.306 e. The van der Waals surface area contributed by atoms with Crippen molar-refractivity contribution in [1.29, 1.82) is 0 Å². The highest BCUT2D eigenvalue weighted by atomic mass is 16.6. The lowest BCUT2D eigenvalue weighted by Crippen LogP contribution is -2.30. The number of allylic oxidation sites excluding steroid dienone is 16. The topological polar surface area (TPSA) is 78.9 Å². The van der Waals surface area contributed by atoms with Crippen molar-refractivity contribution in [2.45, 2.75) is 316 Å². The molecule has 0 spiro atoms. The van der Waals surface area contributed by atoms with E-state index in [0.29, 0.717) is 19.3 Å². The summed E-state index contributed by atoms with van der Waals surface area (Å²) in [6.07, 6.45) is 85.9. The van der Waals surface area contributed by atoms with E-state index in [1.807, 2.05) is 0 Å². The summed E-state index contributed by atoms with van der Waals surface area (Å²) in [5.74, 6) is -0.891. The summed E-state index contributed by atoms with van der Waals surface area (Å²) >= 11 is 0. The molecule has 0 aliphatic heterocycles. The SMILES string of the molecule is CC/C=C\C/C=C\C/C=C\C/C=C\C/C=C\C/C=C\CCCCCCCCCCCCCCCCCCC(=O)OCC(COC(=O)CCCCCCCCC)OC(=O)CCCCCCC/C=C\C/C=C\CCCCCC. The van der Waals surface area contributed by atoms with Gasteiger partial charge in [-0.05, 0) is 103 Å². The molecule has 76 heavy (non-hydrogen) atoms. The van der Waals surface area contributed by atoms with Crippen LogP contribution in [0.1, 0.15) is 310 Å². The molecular weight excluding hydrogens is 937 g/mol. The van der Waals surface area contributed by atoms with Crippen LogP contribution in [0, 0.1) is 0 Å². The molecule has 0 saturated heterocycles. The van der Waals surface area contributed by atoms with Gasteiger partial charge in [-0.1, -0.05) is 285 Å². The van der Waals surface area contributed by atoms with Gasteiger partial charge in [0.05, 0.1) is 0 Å². The Morgan fingerprint density at radius 3 is 0.816 bits per heavy atom. The molecule has 0 saturated carbocycles. The second kappa shape index (κ2) is 63.9. The second-order valence-corrected chi connectivity index (χ2v) is 21.3. The predicted octanol–water partition coefficient (Wildman–Crippen LogP) is 22.0. The van der Waals surface area contributed by atoms with Gasteiger partial charge in [0, 0.05) is 19.3 Å². The predicted molar refractivity (Wildman–Crippen MR) is 330 cm³/mol. The lowest BCUT2D eigenvalue weighted by Gasteiger charge is -2.18. The van der Waals surface area contributed by atoms with E-state index in [9.17, 15) is 14.4 Å². The Morgan fingerprint density at radius 2 is 0.513 bits per heavy atom. The fraction of sp³-hybridized carbons (Fsp3) is 0.729. The molecule has 1 unspecified atom stereocenters. The quantitative estimate of drug-likeness (QED) is 0.0261. The smallest absolute Gasteiger partial charge is 0.306 e. The molecule has 0 rings (SSSR count). The van der Waals surface area contributed by atoms with Gasteiger partial charge in [-0.3, -0.25) is 14.4 Å². The number of ether oxygens (including phenoxy) is 3. The van der Waals surface area contributed by atoms with Crippen LogP contribution < -0.4 is 0 Å². The standard InChI is InChI=1S/C70H120O6/c1-4-7-10-13-16-18-20-22-24-26-27-28-29-30-31-32-33-34-35-36-37-38-39-40-41-42-43-44-46-47-49-51-54-57-60-63-69(72)75-66-67(65-74-68(71)62-59-56-53-15-12-9-6-3)76-70(73)64-61-58-55-52-50-48-45-25-23-21-19-17-14-11-8-5-2/h7,10,16,18-19,21-22,24-25,27-28,30-31,33-34,45,67H,4-6,8-9,11-15,17,20,23,26,29,32,35-44,46-66H2,1-3H3/b10-7-,18-16-,21-19-,24-22-,28-27-,31-30-,34-33-,45-25-. The Hall–Kier alpha value is -3.67. The lowest BCUT2D eigenvalue weighted by atomic mass is 10.0. The number of carbonyl (C=O) groups excluding carboxylic acids is 3. The molecule has 0 aromatic rings. The third-order valence-corrected chi connectivity index (χ3v) is 13.8. The number of rotatable bonds is 58. The summed E-state index contributed by atoms with van der Waals surface area (Å²) in [6.45, 7) is 6.47. The second-order valence-electron chi connectivity index (χ2n) is 21.3. The van der Waals surface area contributed by atoms with Crippen molar-refractivity contribution in [3.05, 3.63) is 97.2 Å². The molecule has 0 bridgehead atoms. The van der Waals surface area contributed by atoms with Crippen LogP contribution in [0.5, 0.6) is 0 Å². The highest BCUT2D eigenvalue weighted by Crippen LogP contribution is 2.16. The minimum absolute atomic E-state index is 0.0794. The summed E-state index contributed by atoms with van der Waals surface area (Å²) in [6, 6.07) is 0. The van der Waals surface area contributed by atoms with E-state index < -0.39 is 6.10 Å². The Morgan fingerprint density at radius 1 is 0.276 bits per heavy atom. The fourth-order valence-electron chi connectivity index (χ4n) is 9.01. The molecule has 6 heteroatoms. The lowest BCUT2D eigenvalue weighted by molar-refractivity contribution is -0.167. The van der Waals surface area contributed by atoms with Crippen LogP contribution in [-0.4, -0.2) is 37.2 Å². The summed E-state index contributed by atoms with van der Waals surface area (Å²) in [5, 5.41) is 0. The summed E-state index contributed by atoms with van der Waals surface area (Å²) in [7, 11) is 0. The molecule has 436 valence electrons. The van der Waals surface area contributed by atoms with Crippen LogP contribution >= 0.6 is 0 Å². The van der Waals surface area contributed by atoms with Crippen LogP contribution in [0.2, 0.25) is 0 Å². The number of unbranched alkanes of at least 4 members (excludes halogenated alkanes) is 31. The molecule has 0 amide bonds. The fourth-order valence-corrected chi connectivity index (χ4v) is 9.01. The van der Waals surface area contributed by atoms with Crippen LogP contribution in [0.4, 0.5) is 0 Å². The van der Waals surface area contributed by atoms with Gasteiger partial charge < -0.3 is 14.2 Å². The molecule has 0 radical (unpaired) electrons. The van der Waals surface area contributed by atoms with Crippen molar-refractivity contribution in [2.24, 2.45) is 0 Å². The molecule has 0 aliphatic carbocycles. The molecule has 0 aliphatic rings. The van der Waals surface area contributed by atoms with E-state index in [-0.39, 0.29) is 31.1 Å². The van der Waals surface area contributed by atoms with Crippen molar-refractivity contribution in [3.63, 3.8) is 0 Å². The summed E-state index contributed by atoms with van der Waals surface area (Å²) in [4.78, 5) is 38.0. The van der Waals surface area contributed by atoms with Gasteiger partial charge >= 0.3 is 17.9 Å². The Kier molecular flexibility index (Phi) is 60.8. The van der Waals surface area contributed by atoms with E-state index >= 15 is 0 Å². The first-order valence-electron chi connectivity index (χ1n) is 32.2. The molecule has 6 nitrogen and oxygen atoms in total. The van der Waals surface area contributed by atoms with E-state index in [0.717, 1.165) is 122 Å². The summed E-state index contributed by atoms with van der Waals surface area (Å²) < 4.78 is 16.8. The third kappa shape index (κ3) is 61.2. The maximum absolute atomic E-state index is 12.8. The Balaban J connectivity index is 4.02. The van der Waals surface area contributed by atoms with Crippen molar-refractivity contribution in [3.8, 4) is 0 Å². The normalized spacial score (nSPS) is 12.7. The zero-order valence-corrected chi connectivity index (χ0v) is 50.0. The molecule has 0 heterocycles. The van der Waals surface area contributed by atoms with Gasteiger partial charge in [-0.15, -0.1) is 0 Å². The molecule has 0 fully saturated rings. The average Bonchev–Trinajstić information content (AvgIpc) is 3.42. The first-order valence-corrected chi connectivity index (χ1v) is 32.2. The first kappa shape index (κ1) is 72.3. The highest BCUT2D eigenvalue weighted by Gasteiger charge is 2.19. The van der Waals surface area contributed by atoms with Crippen LogP contribution in [-0.2, 0) is 28.6 Å². The van der Waals surface area contributed by atoms with Crippen LogP contribution in [0.3, 0.4) is 0 Å². The van der Waals surface area contributed by atoms with Crippen molar-refractivity contribution >= 4 is 17.9 Å². The monoisotopic (exact) mass is 1060 g/mol. The van der Waals surface area contributed by atoms with Crippen molar-refractivity contribution in [1.82, 2.24) is 0 Å². The van der Waals surface area contributed by atoms with Crippen LogP contribution in [0.15, 0.2) is 97.2 Å².